The van der Waals surface area contributed by atoms with Gasteiger partial charge in [-0.25, -0.2) is 0 Å². The van der Waals surface area contributed by atoms with Crippen LogP contribution in [0, 0.1) is 10.1 Å². The lowest BCUT2D eigenvalue weighted by Gasteiger charge is -2.06. The van der Waals surface area contributed by atoms with Gasteiger partial charge in [0, 0.05) is 18.2 Å². The van der Waals surface area contributed by atoms with E-state index < -0.39 is 4.92 Å². The number of benzene rings is 1. The number of nitrogens with zero attached hydrogens (tertiary/aromatic N) is 1. The van der Waals surface area contributed by atoms with Gasteiger partial charge in [-0.05, 0) is 18.6 Å². The highest BCUT2D eigenvalue weighted by molar-refractivity contribution is 5.79. The molecular formula is C11H14N2O3. The van der Waals surface area contributed by atoms with Gasteiger partial charge in [0.1, 0.15) is 12.0 Å². The predicted octanol–water partition coefficient (Wildman–Crippen LogP) is 2.62. The largest absolute Gasteiger partial charge is 0.379 e. The van der Waals surface area contributed by atoms with E-state index in [9.17, 15) is 14.9 Å². The van der Waals surface area contributed by atoms with Crippen LogP contribution >= 0.6 is 0 Å². The summed E-state index contributed by atoms with van der Waals surface area (Å²) >= 11 is 0. The minimum absolute atomic E-state index is 0.0549. The van der Waals surface area contributed by atoms with Crippen molar-refractivity contribution in [2.24, 2.45) is 0 Å². The SMILES string of the molecule is CCCCNc1ccc(C=O)cc1[N+](=O)[O-]. The van der Waals surface area contributed by atoms with E-state index in [0.717, 1.165) is 12.8 Å². The van der Waals surface area contributed by atoms with Crippen LogP contribution in [0.5, 0.6) is 0 Å². The van der Waals surface area contributed by atoms with Crippen molar-refractivity contribution in [2.45, 2.75) is 19.8 Å². The lowest BCUT2D eigenvalue weighted by atomic mass is 10.2. The zero-order chi connectivity index (χ0) is 12.0. The normalized spacial score (nSPS) is 9.81. The van der Waals surface area contributed by atoms with E-state index in [-0.39, 0.29) is 5.69 Å². The summed E-state index contributed by atoms with van der Waals surface area (Å²) in [5.41, 5.74) is 0.720. The van der Waals surface area contributed by atoms with Crippen molar-refractivity contribution in [3.8, 4) is 0 Å². The highest BCUT2D eigenvalue weighted by Gasteiger charge is 2.13. The Kier molecular flexibility index (Phi) is 4.44. The quantitative estimate of drug-likeness (QED) is 0.347. The molecular weight excluding hydrogens is 208 g/mol. The molecule has 86 valence electrons. The first-order chi connectivity index (χ1) is 7.69. The first kappa shape index (κ1) is 12.2. The average molecular weight is 222 g/mol. The van der Waals surface area contributed by atoms with E-state index in [1.807, 2.05) is 6.92 Å². The number of hydrogen-bond acceptors (Lipinski definition) is 4. The van der Waals surface area contributed by atoms with Gasteiger partial charge in [0.25, 0.3) is 5.69 Å². The summed E-state index contributed by atoms with van der Waals surface area (Å²) in [5.74, 6) is 0. The van der Waals surface area contributed by atoms with Gasteiger partial charge in [-0.15, -0.1) is 0 Å². The van der Waals surface area contributed by atoms with Crippen molar-refractivity contribution < 1.29 is 9.72 Å². The molecule has 1 aromatic rings. The smallest absolute Gasteiger partial charge is 0.293 e. The molecule has 0 aliphatic heterocycles. The standard InChI is InChI=1S/C11H14N2O3/c1-2-3-6-12-10-5-4-9(8-14)7-11(10)13(15)16/h4-5,7-8,12H,2-3,6H2,1H3. The molecule has 0 radical (unpaired) electrons. The molecule has 5 nitrogen and oxygen atoms in total. The average Bonchev–Trinajstić information content (AvgIpc) is 2.29. The van der Waals surface area contributed by atoms with Crippen LogP contribution in [0.25, 0.3) is 0 Å². The summed E-state index contributed by atoms with van der Waals surface area (Å²) in [5, 5.41) is 13.8. The third-order valence-electron chi connectivity index (χ3n) is 2.20. The molecule has 0 saturated heterocycles. The molecule has 1 aromatic carbocycles. The zero-order valence-electron chi connectivity index (χ0n) is 9.10. The van der Waals surface area contributed by atoms with Crippen LogP contribution in [-0.4, -0.2) is 17.8 Å². The van der Waals surface area contributed by atoms with Crippen LogP contribution in [0.4, 0.5) is 11.4 Å². The summed E-state index contributed by atoms with van der Waals surface area (Å²) in [7, 11) is 0. The second kappa shape index (κ2) is 5.85. The van der Waals surface area contributed by atoms with Crippen molar-refractivity contribution in [1.82, 2.24) is 0 Å². The Morgan fingerprint density at radius 2 is 2.25 bits per heavy atom. The molecule has 0 unspecified atom stereocenters. The number of carbonyl (C=O) groups excluding carboxylic acids is 1. The minimum atomic E-state index is -0.485. The Bertz CT molecular complexity index is 391. The number of nitrogens with one attached hydrogen (secondary N) is 1. The molecule has 1 N–H and O–H groups in total. The van der Waals surface area contributed by atoms with Crippen LogP contribution in [0.1, 0.15) is 30.1 Å². The molecule has 1 rings (SSSR count). The summed E-state index contributed by atoms with van der Waals surface area (Å²) < 4.78 is 0. The Balaban J connectivity index is 2.89. The van der Waals surface area contributed by atoms with Crippen molar-refractivity contribution in [2.75, 3.05) is 11.9 Å². The number of anilines is 1. The maximum atomic E-state index is 10.8. The fourth-order valence-electron chi connectivity index (χ4n) is 1.32. The van der Waals surface area contributed by atoms with E-state index in [0.29, 0.717) is 24.1 Å². The van der Waals surface area contributed by atoms with Crippen LogP contribution in [0.15, 0.2) is 18.2 Å². The van der Waals surface area contributed by atoms with Gasteiger partial charge < -0.3 is 5.32 Å². The van der Waals surface area contributed by atoms with E-state index in [1.165, 1.54) is 6.07 Å². The van der Waals surface area contributed by atoms with E-state index in [4.69, 9.17) is 0 Å². The second-order valence-electron chi connectivity index (χ2n) is 3.43. The zero-order valence-corrected chi connectivity index (χ0v) is 9.10. The molecule has 5 heteroatoms. The van der Waals surface area contributed by atoms with Gasteiger partial charge in [-0.3, -0.25) is 14.9 Å². The maximum Gasteiger partial charge on any atom is 0.293 e. The van der Waals surface area contributed by atoms with Gasteiger partial charge in [0.15, 0.2) is 0 Å². The predicted molar refractivity (Wildman–Crippen MR) is 61.9 cm³/mol. The van der Waals surface area contributed by atoms with Gasteiger partial charge in [-0.1, -0.05) is 13.3 Å². The molecule has 0 aromatic heterocycles. The first-order valence-corrected chi connectivity index (χ1v) is 5.16. The molecule has 0 bridgehead atoms. The maximum absolute atomic E-state index is 10.8. The molecule has 0 heterocycles. The topological polar surface area (TPSA) is 72.2 Å². The first-order valence-electron chi connectivity index (χ1n) is 5.16. The van der Waals surface area contributed by atoms with Crippen LogP contribution in [0.3, 0.4) is 0 Å². The Morgan fingerprint density at radius 1 is 1.50 bits per heavy atom. The van der Waals surface area contributed by atoms with E-state index >= 15 is 0 Å². The lowest BCUT2D eigenvalue weighted by Crippen LogP contribution is -2.04. The van der Waals surface area contributed by atoms with Crippen molar-refractivity contribution in [1.29, 1.82) is 0 Å². The molecule has 0 aliphatic carbocycles. The fourth-order valence-corrected chi connectivity index (χ4v) is 1.32. The summed E-state index contributed by atoms with van der Waals surface area (Å²) in [6.45, 7) is 2.74. The highest BCUT2D eigenvalue weighted by atomic mass is 16.6. The van der Waals surface area contributed by atoms with Gasteiger partial charge >= 0.3 is 0 Å². The molecule has 0 fully saturated rings. The second-order valence-corrected chi connectivity index (χ2v) is 3.43. The van der Waals surface area contributed by atoms with Crippen molar-refractivity contribution in [3.63, 3.8) is 0 Å². The molecule has 0 amide bonds. The fraction of sp³-hybridized carbons (Fsp3) is 0.364. The Hall–Kier alpha value is -1.91. The molecule has 0 aliphatic rings. The van der Waals surface area contributed by atoms with E-state index in [2.05, 4.69) is 5.32 Å². The number of carbonyl (C=O) groups is 1. The Morgan fingerprint density at radius 3 is 2.81 bits per heavy atom. The van der Waals surface area contributed by atoms with Crippen LogP contribution in [0.2, 0.25) is 0 Å². The molecule has 0 atom stereocenters. The third-order valence-corrected chi connectivity index (χ3v) is 2.20. The number of nitro benzene ring substituents is 1. The summed E-state index contributed by atoms with van der Waals surface area (Å²) in [4.78, 5) is 20.8. The van der Waals surface area contributed by atoms with Crippen LogP contribution < -0.4 is 5.32 Å². The van der Waals surface area contributed by atoms with Crippen molar-refractivity contribution in [3.05, 3.63) is 33.9 Å². The third kappa shape index (κ3) is 3.05. The molecule has 0 saturated carbocycles. The monoisotopic (exact) mass is 222 g/mol. The van der Waals surface area contributed by atoms with E-state index in [1.54, 1.807) is 12.1 Å². The summed E-state index contributed by atoms with van der Waals surface area (Å²) in [6.07, 6.45) is 2.57. The molecule has 16 heavy (non-hydrogen) atoms. The highest BCUT2D eigenvalue weighted by Crippen LogP contribution is 2.24. The number of unbranched alkanes of at least 4 members (excludes halogenated alkanes) is 1. The number of nitro groups is 1. The number of rotatable bonds is 6. The van der Waals surface area contributed by atoms with Crippen molar-refractivity contribution >= 4 is 17.7 Å². The lowest BCUT2D eigenvalue weighted by molar-refractivity contribution is -0.384. The number of hydrogen-bond donors (Lipinski definition) is 1. The van der Waals surface area contributed by atoms with Gasteiger partial charge in [0.05, 0.1) is 4.92 Å². The summed E-state index contributed by atoms with van der Waals surface area (Å²) in [6, 6.07) is 4.41. The van der Waals surface area contributed by atoms with Gasteiger partial charge in [-0.2, -0.15) is 0 Å². The minimum Gasteiger partial charge on any atom is -0.379 e. The Labute approximate surface area is 93.6 Å². The molecule has 0 spiro atoms. The van der Waals surface area contributed by atoms with Crippen LogP contribution in [-0.2, 0) is 0 Å². The number of aldehydes is 1. The van der Waals surface area contributed by atoms with Gasteiger partial charge in [0.2, 0.25) is 0 Å².